The lowest BCUT2D eigenvalue weighted by atomic mass is 10.2. The topological polar surface area (TPSA) is 34.0 Å². The van der Waals surface area contributed by atoms with E-state index in [1.165, 1.54) is 12.8 Å². The molecular weight excluding hydrogens is 280 g/mol. The second-order valence-electron chi connectivity index (χ2n) is 4.84. The van der Waals surface area contributed by atoms with Crippen LogP contribution in [-0.2, 0) is 6.54 Å². The van der Waals surface area contributed by atoms with Crippen LogP contribution in [0.4, 0.5) is 0 Å². The Labute approximate surface area is 111 Å². The van der Waals surface area contributed by atoms with E-state index in [1.807, 2.05) is 16.8 Å². The fraction of sp³-hybridized carbons (Fsp3) is 0.615. The normalized spacial score (nSPS) is 16.9. The van der Waals surface area contributed by atoms with Crippen LogP contribution in [0.15, 0.2) is 16.7 Å². The number of nitrogens with zero attached hydrogens (tertiary/aromatic N) is 1. The number of carbonyl (C=O) groups is 1. The summed E-state index contributed by atoms with van der Waals surface area (Å²) in [5, 5.41) is 3.09. The van der Waals surface area contributed by atoms with E-state index >= 15 is 0 Å². The summed E-state index contributed by atoms with van der Waals surface area (Å²) in [7, 11) is 0. The Balaban J connectivity index is 2.06. The Hall–Kier alpha value is -0.770. The van der Waals surface area contributed by atoms with Crippen LogP contribution >= 0.6 is 15.9 Å². The molecule has 3 nitrogen and oxygen atoms in total. The maximum absolute atomic E-state index is 12.1. The predicted molar refractivity (Wildman–Crippen MR) is 72.1 cm³/mol. The van der Waals surface area contributed by atoms with Crippen molar-refractivity contribution >= 4 is 21.8 Å². The minimum Gasteiger partial charge on any atom is -0.348 e. The van der Waals surface area contributed by atoms with E-state index in [-0.39, 0.29) is 5.91 Å². The lowest BCUT2D eigenvalue weighted by molar-refractivity contribution is 0.0926. The third-order valence-corrected chi connectivity index (χ3v) is 3.68. The van der Waals surface area contributed by atoms with Crippen LogP contribution < -0.4 is 5.32 Å². The molecule has 0 aliphatic heterocycles. The van der Waals surface area contributed by atoms with Crippen LogP contribution in [0.1, 0.15) is 43.6 Å². The molecule has 4 heteroatoms. The van der Waals surface area contributed by atoms with Crippen molar-refractivity contribution in [2.45, 2.75) is 45.7 Å². The van der Waals surface area contributed by atoms with E-state index in [4.69, 9.17) is 0 Å². The van der Waals surface area contributed by atoms with Gasteiger partial charge >= 0.3 is 0 Å². The maximum Gasteiger partial charge on any atom is 0.268 e. The van der Waals surface area contributed by atoms with E-state index in [1.54, 1.807) is 0 Å². The Morgan fingerprint density at radius 2 is 2.35 bits per heavy atom. The van der Waals surface area contributed by atoms with E-state index in [0.717, 1.165) is 23.1 Å². The van der Waals surface area contributed by atoms with Crippen molar-refractivity contribution in [1.82, 2.24) is 9.88 Å². The van der Waals surface area contributed by atoms with Gasteiger partial charge in [-0.2, -0.15) is 0 Å². The summed E-state index contributed by atoms with van der Waals surface area (Å²) in [5.41, 5.74) is 0.756. The summed E-state index contributed by atoms with van der Waals surface area (Å²) in [6, 6.07) is 2.19. The molecule has 1 aliphatic rings. The Bertz CT molecular complexity index is 410. The number of aryl methyl sites for hydroxylation is 1. The molecule has 1 aromatic heterocycles. The number of halogens is 1. The van der Waals surface area contributed by atoms with Gasteiger partial charge in [0, 0.05) is 23.3 Å². The number of amides is 1. The van der Waals surface area contributed by atoms with Gasteiger partial charge < -0.3 is 9.88 Å². The van der Waals surface area contributed by atoms with Gasteiger partial charge in [-0.15, -0.1) is 0 Å². The predicted octanol–water partition coefficient (Wildman–Crippen LogP) is 3.19. The van der Waals surface area contributed by atoms with Crippen LogP contribution in [0.3, 0.4) is 0 Å². The van der Waals surface area contributed by atoms with Crippen LogP contribution in [-0.4, -0.2) is 16.5 Å². The first-order valence-electron chi connectivity index (χ1n) is 6.28. The quantitative estimate of drug-likeness (QED) is 0.890. The molecule has 94 valence electrons. The summed E-state index contributed by atoms with van der Waals surface area (Å²) in [5.74, 6) is 0.737. The molecule has 1 aromatic rings. The summed E-state index contributed by atoms with van der Waals surface area (Å²) >= 11 is 3.43. The first-order valence-corrected chi connectivity index (χ1v) is 7.07. The van der Waals surface area contributed by atoms with Crippen molar-refractivity contribution in [3.05, 3.63) is 22.4 Å². The standard InChI is InChI=1S/C13H19BrN2O/c1-3-6-16-8-11(14)7-12(16)13(17)15-9(2)10-4-5-10/h7-10H,3-6H2,1-2H3,(H,15,17). The molecule has 1 atom stereocenters. The Morgan fingerprint density at radius 1 is 1.65 bits per heavy atom. The largest absolute Gasteiger partial charge is 0.348 e. The Kier molecular flexibility index (Phi) is 3.92. The van der Waals surface area contributed by atoms with Crippen LogP contribution in [0, 0.1) is 5.92 Å². The third-order valence-electron chi connectivity index (χ3n) is 3.25. The molecule has 0 bridgehead atoms. The molecule has 1 amide bonds. The second-order valence-corrected chi connectivity index (χ2v) is 5.75. The molecule has 1 heterocycles. The molecule has 0 saturated heterocycles. The average Bonchev–Trinajstić information content (AvgIpc) is 3.04. The summed E-state index contributed by atoms with van der Waals surface area (Å²) in [4.78, 5) is 12.1. The van der Waals surface area contributed by atoms with Gasteiger partial charge in [-0.3, -0.25) is 4.79 Å². The van der Waals surface area contributed by atoms with Gasteiger partial charge in [0.05, 0.1) is 0 Å². The van der Waals surface area contributed by atoms with Crippen molar-refractivity contribution < 1.29 is 4.79 Å². The zero-order valence-corrected chi connectivity index (χ0v) is 12.0. The van der Waals surface area contributed by atoms with Crippen LogP contribution in [0.2, 0.25) is 0 Å². The Morgan fingerprint density at radius 3 is 2.94 bits per heavy atom. The average molecular weight is 299 g/mol. The molecule has 1 fully saturated rings. The SMILES string of the molecule is CCCn1cc(Br)cc1C(=O)NC(C)C1CC1. The zero-order chi connectivity index (χ0) is 12.4. The lowest BCUT2D eigenvalue weighted by Crippen LogP contribution is -2.35. The van der Waals surface area contributed by atoms with Crippen LogP contribution in [0.5, 0.6) is 0 Å². The monoisotopic (exact) mass is 298 g/mol. The summed E-state index contributed by atoms with van der Waals surface area (Å²) in [6.07, 6.45) is 5.50. The fourth-order valence-electron chi connectivity index (χ4n) is 2.09. The van der Waals surface area contributed by atoms with Gasteiger partial charge in [0.15, 0.2) is 0 Å². The summed E-state index contributed by atoms with van der Waals surface area (Å²) in [6.45, 7) is 5.09. The van der Waals surface area contributed by atoms with Crippen molar-refractivity contribution in [2.75, 3.05) is 0 Å². The molecular formula is C13H19BrN2O. The maximum atomic E-state index is 12.1. The second kappa shape index (κ2) is 5.25. The van der Waals surface area contributed by atoms with Crippen LogP contribution in [0.25, 0.3) is 0 Å². The van der Waals surface area contributed by atoms with Gasteiger partial charge in [-0.1, -0.05) is 6.92 Å². The van der Waals surface area contributed by atoms with Gasteiger partial charge in [0.25, 0.3) is 5.91 Å². The smallest absolute Gasteiger partial charge is 0.268 e. The summed E-state index contributed by atoms with van der Waals surface area (Å²) < 4.78 is 2.98. The highest BCUT2D eigenvalue weighted by molar-refractivity contribution is 9.10. The number of hydrogen-bond acceptors (Lipinski definition) is 1. The van der Waals surface area contributed by atoms with E-state index in [2.05, 4.69) is 35.1 Å². The van der Waals surface area contributed by atoms with Crippen molar-refractivity contribution in [1.29, 1.82) is 0 Å². The van der Waals surface area contributed by atoms with Gasteiger partial charge in [-0.25, -0.2) is 0 Å². The van der Waals surface area contributed by atoms with Crippen molar-refractivity contribution in [2.24, 2.45) is 5.92 Å². The highest BCUT2D eigenvalue weighted by Crippen LogP contribution is 2.32. The van der Waals surface area contributed by atoms with Gasteiger partial charge in [0.1, 0.15) is 5.69 Å². The molecule has 0 spiro atoms. The van der Waals surface area contributed by atoms with Gasteiger partial charge in [-0.05, 0) is 54.1 Å². The van der Waals surface area contributed by atoms with Crippen molar-refractivity contribution in [3.8, 4) is 0 Å². The molecule has 2 rings (SSSR count). The fourth-order valence-corrected chi connectivity index (χ4v) is 2.55. The van der Waals surface area contributed by atoms with E-state index in [0.29, 0.717) is 12.0 Å². The van der Waals surface area contributed by atoms with E-state index in [9.17, 15) is 4.79 Å². The molecule has 0 aromatic carbocycles. The molecule has 1 saturated carbocycles. The first kappa shape index (κ1) is 12.7. The minimum absolute atomic E-state index is 0.0450. The zero-order valence-electron chi connectivity index (χ0n) is 10.4. The number of hydrogen-bond donors (Lipinski definition) is 1. The first-order chi connectivity index (χ1) is 8.11. The number of rotatable bonds is 5. The third kappa shape index (κ3) is 3.12. The lowest BCUT2D eigenvalue weighted by Gasteiger charge is -2.14. The van der Waals surface area contributed by atoms with Gasteiger partial charge in [0.2, 0.25) is 0 Å². The number of nitrogens with one attached hydrogen (secondary N) is 1. The molecule has 0 radical (unpaired) electrons. The molecule has 17 heavy (non-hydrogen) atoms. The highest BCUT2D eigenvalue weighted by atomic mass is 79.9. The minimum atomic E-state index is 0.0450. The molecule has 1 unspecified atom stereocenters. The van der Waals surface area contributed by atoms with Crippen molar-refractivity contribution in [3.63, 3.8) is 0 Å². The molecule has 1 N–H and O–H groups in total. The number of carbonyl (C=O) groups excluding carboxylic acids is 1. The molecule has 1 aliphatic carbocycles. The van der Waals surface area contributed by atoms with E-state index < -0.39 is 0 Å². The number of aromatic nitrogens is 1. The highest BCUT2D eigenvalue weighted by Gasteiger charge is 2.29.